The minimum Gasteiger partial charge on any atom is -0.465 e. The van der Waals surface area contributed by atoms with Gasteiger partial charge in [0.1, 0.15) is 0 Å². The van der Waals surface area contributed by atoms with Gasteiger partial charge in [0, 0.05) is 131 Å². The molecule has 4 aromatic rings. The van der Waals surface area contributed by atoms with Gasteiger partial charge in [-0.05, 0) is 39.0 Å². The standard InChI is InChI=1S/C42H68N16O8/c1-51-31-35(43-47-51)11-27-63-39(59)7-19-55(20-8-40(60)64-28-12-36-32-52(2)48-44-36)15-5-17-57-23-25-58(26-24-57)18-6-16-56(21-9-41(61)65-29-13-37-33-53(3)49-45-37)22-10-42(62)66-30-14-38-34-54(4)50-46-38/h31-34H,5-30H2,1-4H3. The van der Waals surface area contributed by atoms with Gasteiger partial charge in [0.15, 0.2) is 0 Å². The molecule has 364 valence electrons. The second kappa shape index (κ2) is 28.3. The average Bonchev–Trinajstić information content (AvgIpc) is 4.12. The van der Waals surface area contributed by atoms with Crippen molar-refractivity contribution < 1.29 is 38.1 Å². The Balaban J connectivity index is 0.997. The SMILES string of the molecule is Cn1cc(CCOC(=O)CCN(CCCN2CCN(CCCN(CCC(=O)OCCc3cn(C)nn3)CCC(=O)OCCc3cn(C)nn3)CC2)CCC(=O)OCCc2cn(C)nn2)nn1. The molecule has 66 heavy (non-hydrogen) atoms. The summed E-state index contributed by atoms with van der Waals surface area (Å²) < 4.78 is 28.3. The van der Waals surface area contributed by atoms with Crippen LogP contribution in [0.25, 0.3) is 0 Å². The third-order valence-corrected chi connectivity index (χ3v) is 11.0. The van der Waals surface area contributed by atoms with Crippen LogP contribution >= 0.6 is 0 Å². The van der Waals surface area contributed by atoms with E-state index < -0.39 is 0 Å². The van der Waals surface area contributed by atoms with Gasteiger partial charge in [-0.2, -0.15) is 0 Å². The molecule has 0 aromatic carbocycles. The number of carbonyl (C=O) groups is 4. The van der Waals surface area contributed by atoms with Crippen LogP contribution in [0.4, 0.5) is 0 Å². The van der Waals surface area contributed by atoms with E-state index in [1.54, 1.807) is 71.7 Å². The normalized spacial score (nSPS) is 13.4. The highest BCUT2D eigenvalue weighted by Gasteiger charge is 2.19. The van der Waals surface area contributed by atoms with Crippen LogP contribution in [0.15, 0.2) is 24.8 Å². The number of hydrogen-bond acceptors (Lipinski definition) is 20. The summed E-state index contributed by atoms with van der Waals surface area (Å²) in [7, 11) is 7.15. The zero-order chi connectivity index (χ0) is 46.9. The van der Waals surface area contributed by atoms with E-state index in [-0.39, 0.29) is 76.0 Å². The summed E-state index contributed by atoms with van der Waals surface area (Å²) in [5, 5.41) is 31.8. The van der Waals surface area contributed by atoms with E-state index >= 15 is 0 Å². The van der Waals surface area contributed by atoms with Crippen molar-refractivity contribution in [3.05, 3.63) is 47.6 Å². The molecular weight excluding hydrogens is 857 g/mol. The van der Waals surface area contributed by atoms with Gasteiger partial charge in [-0.25, -0.2) is 0 Å². The lowest BCUT2D eigenvalue weighted by atomic mass is 10.2. The summed E-state index contributed by atoms with van der Waals surface area (Å²) >= 11 is 0. The highest BCUT2D eigenvalue weighted by Crippen LogP contribution is 2.08. The molecule has 1 aliphatic rings. The molecule has 0 N–H and O–H groups in total. The summed E-state index contributed by atoms with van der Waals surface area (Å²) in [5.74, 6) is -1.18. The predicted octanol–water partition coefficient (Wildman–Crippen LogP) is -0.794. The molecule has 0 saturated carbocycles. The van der Waals surface area contributed by atoms with Gasteiger partial charge in [0.05, 0.1) is 74.9 Å². The molecule has 0 amide bonds. The minimum absolute atomic E-state index is 0.210. The second-order valence-corrected chi connectivity index (χ2v) is 16.5. The largest absolute Gasteiger partial charge is 0.465 e. The molecule has 0 aliphatic carbocycles. The van der Waals surface area contributed by atoms with E-state index in [0.717, 1.165) is 88.0 Å². The van der Waals surface area contributed by atoms with Crippen molar-refractivity contribution in [2.75, 3.05) is 105 Å². The molecule has 4 aromatic heterocycles. The van der Waals surface area contributed by atoms with Crippen molar-refractivity contribution in [2.45, 2.75) is 64.2 Å². The first-order chi connectivity index (χ1) is 31.9. The van der Waals surface area contributed by atoms with E-state index in [9.17, 15) is 19.2 Å². The first-order valence-electron chi connectivity index (χ1n) is 22.9. The number of nitrogens with zero attached hydrogens (tertiary/aromatic N) is 16. The van der Waals surface area contributed by atoms with Gasteiger partial charge in [-0.3, -0.25) is 37.9 Å². The highest BCUT2D eigenvalue weighted by atomic mass is 16.5. The van der Waals surface area contributed by atoms with E-state index in [0.29, 0.717) is 51.9 Å². The zero-order valence-electron chi connectivity index (χ0n) is 39.1. The van der Waals surface area contributed by atoms with Gasteiger partial charge in [0.2, 0.25) is 0 Å². The fourth-order valence-electron chi connectivity index (χ4n) is 7.35. The molecule has 1 fully saturated rings. The Labute approximate surface area is 385 Å². The van der Waals surface area contributed by atoms with Crippen LogP contribution in [-0.4, -0.2) is 208 Å². The van der Waals surface area contributed by atoms with Crippen LogP contribution < -0.4 is 0 Å². The van der Waals surface area contributed by atoms with Crippen molar-refractivity contribution in [1.29, 1.82) is 0 Å². The lowest BCUT2D eigenvalue weighted by molar-refractivity contribution is -0.145. The number of rotatable bonds is 32. The predicted molar refractivity (Wildman–Crippen MR) is 236 cm³/mol. The fraction of sp³-hybridized carbons (Fsp3) is 0.714. The Hall–Kier alpha value is -5.72. The Morgan fingerprint density at radius 2 is 0.697 bits per heavy atom. The Bertz CT molecular complexity index is 1780. The molecule has 0 atom stereocenters. The van der Waals surface area contributed by atoms with E-state index in [4.69, 9.17) is 18.9 Å². The summed E-state index contributed by atoms with van der Waals surface area (Å²) in [5.41, 5.74) is 3.03. The maximum atomic E-state index is 12.6. The molecule has 5 heterocycles. The number of carbonyl (C=O) groups excluding carboxylic acids is 4. The third kappa shape index (κ3) is 20.6. The number of hydrogen-bond donors (Lipinski definition) is 0. The van der Waals surface area contributed by atoms with E-state index in [1.165, 1.54) is 0 Å². The lowest BCUT2D eigenvalue weighted by Crippen LogP contribution is -2.47. The highest BCUT2D eigenvalue weighted by molar-refractivity contribution is 5.71. The van der Waals surface area contributed by atoms with E-state index in [2.05, 4.69) is 60.8 Å². The molecule has 5 rings (SSSR count). The summed E-state index contributed by atoms with van der Waals surface area (Å²) in [4.78, 5) is 59.7. The van der Waals surface area contributed by atoms with Gasteiger partial charge in [0.25, 0.3) is 0 Å². The zero-order valence-corrected chi connectivity index (χ0v) is 39.1. The third-order valence-electron chi connectivity index (χ3n) is 11.0. The molecule has 0 bridgehead atoms. The molecule has 24 heteroatoms. The number of piperazine rings is 1. The number of ether oxygens (including phenoxy) is 4. The Morgan fingerprint density at radius 1 is 0.439 bits per heavy atom. The maximum absolute atomic E-state index is 12.6. The molecule has 0 spiro atoms. The van der Waals surface area contributed by atoms with Crippen LogP contribution in [0.3, 0.4) is 0 Å². The summed E-state index contributed by atoms with van der Waals surface area (Å²) in [6.07, 6.45) is 11.7. The fourth-order valence-corrected chi connectivity index (χ4v) is 7.35. The van der Waals surface area contributed by atoms with Crippen LogP contribution in [-0.2, 0) is 92.0 Å². The van der Waals surface area contributed by atoms with Crippen LogP contribution in [0.2, 0.25) is 0 Å². The van der Waals surface area contributed by atoms with Gasteiger partial charge < -0.3 is 38.5 Å². The average molecular weight is 925 g/mol. The summed E-state index contributed by atoms with van der Waals surface area (Å²) in [6, 6.07) is 0. The molecule has 1 aliphatic heterocycles. The maximum Gasteiger partial charge on any atom is 0.307 e. The molecule has 24 nitrogen and oxygen atoms in total. The second-order valence-electron chi connectivity index (χ2n) is 16.5. The van der Waals surface area contributed by atoms with Crippen LogP contribution in [0.1, 0.15) is 61.3 Å². The molecule has 0 unspecified atom stereocenters. The van der Waals surface area contributed by atoms with Crippen LogP contribution in [0.5, 0.6) is 0 Å². The van der Waals surface area contributed by atoms with Crippen molar-refractivity contribution in [3.8, 4) is 0 Å². The van der Waals surface area contributed by atoms with Crippen molar-refractivity contribution in [1.82, 2.24) is 79.6 Å². The Kier molecular flexibility index (Phi) is 22.0. The van der Waals surface area contributed by atoms with Gasteiger partial charge in [-0.1, -0.05) is 20.9 Å². The van der Waals surface area contributed by atoms with Crippen molar-refractivity contribution in [3.63, 3.8) is 0 Å². The summed E-state index contributed by atoms with van der Waals surface area (Å²) in [6.45, 7) is 9.76. The monoisotopic (exact) mass is 925 g/mol. The first kappa shape index (κ1) is 51.3. The number of aromatic nitrogens is 12. The smallest absolute Gasteiger partial charge is 0.307 e. The van der Waals surface area contributed by atoms with Crippen LogP contribution in [0, 0.1) is 0 Å². The van der Waals surface area contributed by atoms with Crippen molar-refractivity contribution >= 4 is 23.9 Å². The van der Waals surface area contributed by atoms with Gasteiger partial charge in [-0.15, -0.1) is 20.4 Å². The molecular formula is C42H68N16O8. The minimum atomic E-state index is -0.295. The number of aryl methyl sites for hydroxylation is 4. The molecule has 0 radical (unpaired) electrons. The topological polar surface area (TPSA) is 241 Å². The lowest BCUT2D eigenvalue weighted by Gasteiger charge is -2.35. The number of esters is 4. The van der Waals surface area contributed by atoms with Gasteiger partial charge >= 0.3 is 23.9 Å². The first-order valence-corrected chi connectivity index (χ1v) is 22.9. The molecule has 1 saturated heterocycles. The van der Waals surface area contributed by atoms with Crippen molar-refractivity contribution in [2.24, 2.45) is 28.2 Å². The van der Waals surface area contributed by atoms with E-state index in [1.807, 2.05) is 0 Å². The quantitative estimate of drug-likeness (QED) is 0.0430. The Morgan fingerprint density at radius 3 is 0.924 bits per heavy atom.